The third kappa shape index (κ3) is 42.9. The first-order valence-corrected chi connectivity index (χ1v) is 25.8. The average molecular weight is 859 g/mol. The zero-order chi connectivity index (χ0) is 43.3. The van der Waals surface area contributed by atoms with Crippen molar-refractivity contribution in [3.8, 4) is 0 Å². The lowest BCUT2D eigenvalue weighted by molar-refractivity contribution is -0.153. The van der Waals surface area contributed by atoms with E-state index >= 15 is 0 Å². The predicted octanol–water partition coefficient (Wildman–Crippen LogP) is 13.3. The Morgan fingerprint density at radius 1 is 0.458 bits per heavy atom. The maximum absolute atomic E-state index is 12.4. The van der Waals surface area contributed by atoms with Gasteiger partial charge in [-0.2, -0.15) is 0 Å². The zero-order valence-corrected chi connectivity index (χ0v) is 38.9. The standard InChI is InChI=1S/C48H91O10P/c1-3-5-7-9-11-13-15-17-19-20-21-22-23-24-26-28-30-32-34-36-38-40-48(52)58-46(42-50)44-56-59(53,54)55-43-45(41-49)57-47(51)39-37-35-33-31-29-27-25-18-16-14-12-10-8-6-4-2/h15,17,20-21,45-46,49-50H,3-14,16,18-19,22-44H2,1-2H3,(H,53,54)/b17-15-,21-20-. The van der Waals surface area contributed by atoms with E-state index in [1.807, 2.05) is 0 Å². The summed E-state index contributed by atoms with van der Waals surface area (Å²) in [6.45, 7) is 2.23. The number of carbonyl (C=O) groups is 2. The molecule has 0 aliphatic heterocycles. The average Bonchev–Trinajstić information content (AvgIpc) is 3.22. The van der Waals surface area contributed by atoms with E-state index in [2.05, 4.69) is 38.2 Å². The Hall–Kier alpha value is -1.55. The summed E-state index contributed by atoms with van der Waals surface area (Å²) in [6, 6.07) is 0. The molecular formula is C48H91O10P. The maximum Gasteiger partial charge on any atom is 0.472 e. The molecule has 11 heteroatoms. The smallest absolute Gasteiger partial charge is 0.457 e. The lowest BCUT2D eigenvalue weighted by atomic mass is 10.0. The van der Waals surface area contributed by atoms with Crippen molar-refractivity contribution < 1.29 is 47.8 Å². The van der Waals surface area contributed by atoms with Crippen molar-refractivity contribution in [1.82, 2.24) is 0 Å². The first-order chi connectivity index (χ1) is 28.8. The lowest BCUT2D eigenvalue weighted by Gasteiger charge is -2.20. The third-order valence-corrected chi connectivity index (χ3v) is 11.6. The number of unbranched alkanes of at least 4 members (excludes halogenated alkanes) is 28. The van der Waals surface area contributed by atoms with Crippen LogP contribution in [0.3, 0.4) is 0 Å². The van der Waals surface area contributed by atoms with Crippen molar-refractivity contribution in [2.75, 3.05) is 26.4 Å². The molecule has 348 valence electrons. The van der Waals surface area contributed by atoms with E-state index < -0.39 is 58.4 Å². The highest BCUT2D eigenvalue weighted by atomic mass is 31.2. The molecule has 0 aliphatic rings. The molecule has 0 aromatic heterocycles. The van der Waals surface area contributed by atoms with Gasteiger partial charge in [0.05, 0.1) is 26.4 Å². The Balaban J connectivity index is 3.85. The summed E-state index contributed by atoms with van der Waals surface area (Å²) < 4.78 is 32.7. The topological polar surface area (TPSA) is 149 Å². The van der Waals surface area contributed by atoms with Crippen molar-refractivity contribution in [3.63, 3.8) is 0 Å². The van der Waals surface area contributed by atoms with Gasteiger partial charge in [0.15, 0.2) is 0 Å². The van der Waals surface area contributed by atoms with Gasteiger partial charge in [-0.1, -0.05) is 199 Å². The van der Waals surface area contributed by atoms with E-state index in [1.54, 1.807) is 0 Å². The monoisotopic (exact) mass is 859 g/mol. The zero-order valence-electron chi connectivity index (χ0n) is 38.0. The molecule has 3 unspecified atom stereocenters. The molecule has 0 aromatic rings. The highest BCUT2D eigenvalue weighted by Crippen LogP contribution is 2.43. The number of hydrogen-bond donors (Lipinski definition) is 3. The number of carbonyl (C=O) groups excluding carboxylic acids is 2. The minimum Gasteiger partial charge on any atom is -0.457 e. The van der Waals surface area contributed by atoms with Gasteiger partial charge in [0.2, 0.25) is 0 Å². The van der Waals surface area contributed by atoms with Crippen molar-refractivity contribution in [2.24, 2.45) is 0 Å². The molecule has 0 aliphatic carbocycles. The SMILES string of the molecule is CCCCCCC/C=C\C/C=C\CCCCCCCCCCCC(=O)OC(CO)COP(=O)(O)OCC(CO)OC(=O)CCCCCCCCCCCCCCCCC. The minimum atomic E-state index is -4.64. The van der Waals surface area contributed by atoms with Crippen LogP contribution in [-0.4, -0.2) is 65.7 Å². The van der Waals surface area contributed by atoms with Crippen molar-refractivity contribution in [1.29, 1.82) is 0 Å². The van der Waals surface area contributed by atoms with E-state index in [1.165, 1.54) is 141 Å². The highest BCUT2D eigenvalue weighted by molar-refractivity contribution is 7.47. The van der Waals surface area contributed by atoms with Crippen LogP contribution in [0.2, 0.25) is 0 Å². The van der Waals surface area contributed by atoms with Crippen LogP contribution < -0.4 is 0 Å². The summed E-state index contributed by atoms with van der Waals surface area (Å²) in [7, 11) is -4.64. The minimum absolute atomic E-state index is 0.190. The van der Waals surface area contributed by atoms with Gasteiger partial charge in [-0.15, -0.1) is 0 Å². The van der Waals surface area contributed by atoms with Gasteiger partial charge >= 0.3 is 19.8 Å². The number of ether oxygens (including phenoxy) is 2. The van der Waals surface area contributed by atoms with Crippen LogP contribution in [0.25, 0.3) is 0 Å². The number of esters is 2. The molecule has 10 nitrogen and oxygen atoms in total. The molecule has 0 spiro atoms. The van der Waals surface area contributed by atoms with Crippen LogP contribution in [0.5, 0.6) is 0 Å². The maximum atomic E-state index is 12.4. The molecule has 0 saturated heterocycles. The van der Waals surface area contributed by atoms with Crippen LogP contribution >= 0.6 is 7.82 Å². The second-order valence-electron chi connectivity index (χ2n) is 16.5. The van der Waals surface area contributed by atoms with E-state index in [9.17, 15) is 29.3 Å². The normalized spacial score (nSPS) is 13.9. The fourth-order valence-electron chi connectivity index (χ4n) is 6.91. The van der Waals surface area contributed by atoms with Gasteiger partial charge in [0, 0.05) is 12.8 Å². The summed E-state index contributed by atoms with van der Waals surface area (Å²) in [6.07, 6.45) is 45.7. The van der Waals surface area contributed by atoms with Gasteiger partial charge in [0.1, 0.15) is 12.2 Å². The van der Waals surface area contributed by atoms with Gasteiger partial charge in [0.25, 0.3) is 0 Å². The fourth-order valence-corrected chi connectivity index (χ4v) is 7.70. The van der Waals surface area contributed by atoms with E-state index in [0.717, 1.165) is 51.4 Å². The summed E-state index contributed by atoms with van der Waals surface area (Å²) >= 11 is 0. The second-order valence-corrected chi connectivity index (χ2v) is 17.9. The van der Waals surface area contributed by atoms with E-state index in [-0.39, 0.29) is 12.8 Å². The van der Waals surface area contributed by atoms with Crippen LogP contribution in [0, 0.1) is 0 Å². The molecule has 0 radical (unpaired) electrons. The van der Waals surface area contributed by atoms with Gasteiger partial charge in [-0.25, -0.2) is 4.57 Å². The number of aliphatic hydroxyl groups is 2. The first kappa shape index (κ1) is 57.4. The lowest BCUT2D eigenvalue weighted by Crippen LogP contribution is -2.28. The number of phosphoric ester groups is 1. The van der Waals surface area contributed by atoms with E-state index in [0.29, 0.717) is 12.8 Å². The Kier molecular flexibility index (Phi) is 43.3. The molecule has 0 aromatic carbocycles. The number of phosphoric acid groups is 1. The Labute approximate surface area is 361 Å². The van der Waals surface area contributed by atoms with Crippen LogP contribution in [-0.2, 0) is 32.7 Å². The summed E-state index contributed by atoms with van der Waals surface area (Å²) in [5, 5.41) is 19.2. The third-order valence-electron chi connectivity index (χ3n) is 10.7. The van der Waals surface area contributed by atoms with Crippen LogP contribution in [0.1, 0.15) is 232 Å². The van der Waals surface area contributed by atoms with Crippen molar-refractivity contribution in [3.05, 3.63) is 24.3 Å². The molecule has 3 atom stereocenters. The largest absolute Gasteiger partial charge is 0.472 e. The summed E-state index contributed by atoms with van der Waals surface area (Å²) in [4.78, 5) is 34.6. The molecule has 0 saturated carbocycles. The molecule has 0 fully saturated rings. The molecule has 59 heavy (non-hydrogen) atoms. The molecule has 0 rings (SSSR count). The molecule has 0 amide bonds. The number of aliphatic hydroxyl groups excluding tert-OH is 2. The van der Waals surface area contributed by atoms with Gasteiger partial charge < -0.3 is 24.6 Å². The number of rotatable bonds is 46. The summed E-state index contributed by atoms with van der Waals surface area (Å²) in [5.74, 6) is -1.01. The Bertz CT molecular complexity index is 1040. The van der Waals surface area contributed by atoms with Gasteiger partial charge in [-0.05, 0) is 44.9 Å². The van der Waals surface area contributed by atoms with Crippen LogP contribution in [0.15, 0.2) is 24.3 Å². The van der Waals surface area contributed by atoms with Gasteiger partial charge in [-0.3, -0.25) is 18.6 Å². The molecule has 0 heterocycles. The predicted molar refractivity (Wildman–Crippen MR) is 242 cm³/mol. The molecule has 3 N–H and O–H groups in total. The van der Waals surface area contributed by atoms with Crippen molar-refractivity contribution >= 4 is 19.8 Å². The summed E-state index contributed by atoms with van der Waals surface area (Å²) in [5.41, 5.74) is 0. The number of hydrogen-bond acceptors (Lipinski definition) is 9. The quantitative estimate of drug-likeness (QED) is 0.0234. The molecule has 0 bridgehead atoms. The second kappa shape index (κ2) is 44.5. The first-order valence-electron chi connectivity index (χ1n) is 24.3. The van der Waals surface area contributed by atoms with Crippen molar-refractivity contribution in [2.45, 2.75) is 244 Å². The fraction of sp³-hybridized carbons (Fsp3) is 0.875. The van der Waals surface area contributed by atoms with Crippen LogP contribution in [0.4, 0.5) is 0 Å². The number of allylic oxidation sites excluding steroid dienone is 4. The van der Waals surface area contributed by atoms with E-state index in [4.69, 9.17) is 18.5 Å². The Morgan fingerprint density at radius 3 is 1.05 bits per heavy atom. The Morgan fingerprint density at radius 2 is 0.746 bits per heavy atom. The highest BCUT2D eigenvalue weighted by Gasteiger charge is 2.27. The molecular weight excluding hydrogens is 767 g/mol.